The van der Waals surface area contributed by atoms with E-state index in [1.807, 2.05) is 0 Å². The van der Waals surface area contributed by atoms with E-state index in [9.17, 15) is 0 Å². The summed E-state index contributed by atoms with van der Waals surface area (Å²) in [5.41, 5.74) is 1.34. The van der Waals surface area contributed by atoms with E-state index in [1.165, 1.54) is 12.0 Å². The second-order valence-corrected chi connectivity index (χ2v) is 5.87. The van der Waals surface area contributed by atoms with Gasteiger partial charge in [0.05, 0.1) is 11.1 Å². The van der Waals surface area contributed by atoms with Gasteiger partial charge in [-0.15, -0.1) is 0 Å². The molecule has 0 aromatic heterocycles. The average Bonchev–Trinajstić information content (AvgIpc) is 2.80. The highest BCUT2D eigenvalue weighted by molar-refractivity contribution is 9.10. The number of ether oxygens (including phenoxy) is 1. The summed E-state index contributed by atoms with van der Waals surface area (Å²) in [5.74, 6) is 2.17. The molecule has 1 aromatic carbocycles. The van der Waals surface area contributed by atoms with Gasteiger partial charge in [0.2, 0.25) is 0 Å². The van der Waals surface area contributed by atoms with Crippen molar-refractivity contribution in [2.45, 2.75) is 26.2 Å². The van der Waals surface area contributed by atoms with Crippen LogP contribution in [0.2, 0.25) is 0 Å². The van der Waals surface area contributed by atoms with Crippen LogP contribution in [0.3, 0.4) is 0 Å². The zero-order valence-corrected chi connectivity index (χ0v) is 12.1. The summed E-state index contributed by atoms with van der Waals surface area (Å²) in [7, 11) is 0. The molecule has 1 heterocycles. The summed E-state index contributed by atoms with van der Waals surface area (Å²) in [6.07, 6.45) is 1.22. The molecule has 1 N–H and O–H groups in total. The molecular weight excluding hydrogens is 278 g/mol. The van der Waals surface area contributed by atoms with Crippen molar-refractivity contribution in [1.82, 2.24) is 5.32 Å². The fourth-order valence-electron chi connectivity index (χ4n) is 2.06. The molecule has 17 heavy (non-hydrogen) atoms. The van der Waals surface area contributed by atoms with Gasteiger partial charge in [-0.2, -0.15) is 0 Å². The van der Waals surface area contributed by atoms with E-state index < -0.39 is 0 Å². The highest BCUT2D eigenvalue weighted by Gasteiger charge is 2.15. The minimum atomic E-state index is 0.555. The zero-order chi connectivity index (χ0) is 12.3. The molecule has 1 aliphatic rings. The Bertz CT molecular complexity index is 372. The van der Waals surface area contributed by atoms with Crippen LogP contribution in [0.4, 0.5) is 0 Å². The van der Waals surface area contributed by atoms with Crippen LogP contribution in [-0.2, 0) is 0 Å². The Morgan fingerprint density at radius 3 is 2.88 bits per heavy atom. The molecule has 1 aromatic rings. The van der Waals surface area contributed by atoms with Crippen molar-refractivity contribution < 1.29 is 4.74 Å². The Balaban J connectivity index is 1.96. The molecule has 0 spiro atoms. The lowest BCUT2D eigenvalue weighted by atomic mass is 10.0. The first kappa shape index (κ1) is 12.9. The van der Waals surface area contributed by atoms with E-state index in [1.54, 1.807) is 0 Å². The largest absolute Gasteiger partial charge is 0.492 e. The Hall–Kier alpha value is -0.540. The number of rotatable bonds is 4. The lowest BCUT2D eigenvalue weighted by Gasteiger charge is -2.14. The summed E-state index contributed by atoms with van der Waals surface area (Å²) < 4.78 is 6.93. The number of hydrogen-bond donors (Lipinski definition) is 1. The maximum Gasteiger partial charge on any atom is 0.133 e. The van der Waals surface area contributed by atoms with Crippen molar-refractivity contribution in [3.63, 3.8) is 0 Å². The quantitative estimate of drug-likeness (QED) is 0.917. The minimum Gasteiger partial charge on any atom is -0.492 e. The van der Waals surface area contributed by atoms with Gasteiger partial charge in [-0.05, 0) is 52.5 Å². The molecule has 1 atom stereocenters. The lowest BCUT2D eigenvalue weighted by molar-refractivity contribution is 0.258. The second-order valence-electron chi connectivity index (χ2n) is 5.01. The van der Waals surface area contributed by atoms with Gasteiger partial charge < -0.3 is 10.1 Å². The monoisotopic (exact) mass is 297 g/mol. The number of nitrogens with one attached hydrogen (secondary N) is 1. The van der Waals surface area contributed by atoms with Gasteiger partial charge in [-0.25, -0.2) is 0 Å². The lowest BCUT2D eigenvalue weighted by Crippen LogP contribution is -2.15. The first-order chi connectivity index (χ1) is 8.16. The Labute approximate surface area is 112 Å². The average molecular weight is 298 g/mol. The standard InChI is InChI=1S/C14H20BrNO/c1-10(2)12-3-4-14(13(15)7-12)17-9-11-5-6-16-8-11/h3-4,7,10-11,16H,5-6,8-9H2,1-2H3/t11-/m0/s1. The van der Waals surface area contributed by atoms with Crippen molar-refractivity contribution in [2.24, 2.45) is 5.92 Å². The van der Waals surface area contributed by atoms with E-state index in [-0.39, 0.29) is 0 Å². The van der Waals surface area contributed by atoms with Crippen LogP contribution in [0.1, 0.15) is 31.7 Å². The first-order valence-electron chi connectivity index (χ1n) is 6.30. The van der Waals surface area contributed by atoms with Crippen molar-refractivity contribution in [2.75, 3.05) is 19.7 Å². The van der Waals surface area contributed by atoms with Crippen LogP contribution in [-0.4, -0.2) is 19.7 Å². The summed E-state index contributed by atoms with van der Waals surface area (Å²) in [6, 6.07) is 6.38. The smallest absolute Gasteiger partial charge is 0.133 e. The van der Waals surface area contributed by atoms with Crippen molar-refractivity contribution in [3.8, 4) is 5.75 Å². The van der Waals surface area contributed by atoms with Crippen LogP contribution in [0.5, 0.6) is 5.75 Å². The maximum atomic E-state index is 5.87. The molecular formula is C14H20BrNO. The fraction of sp³-hybridized carbons (Fsp3) is 0.571. The Kier molecular flexibility index (Phi) is 4.46. The third kappa shape index (κ3) is 3.46. The summed E-state index contributed by atoms with van der Waals surface area (Å²) >= 11 is 3.58. The highest BCUT2D eigenvalue weighted by atomic mass is 79.9. The molecule has 2 rings (SSSR count). The van der Waals surface area contributed by atoms with Crippen molar-refractivity contribution >= 4 is 15.9 Å². The normalized spacial score (nSPS) is 19.9. The molecule has 0 unspecified atom stereocenters. The topological polar surface area (TPSA) is 21.3 Å². The van der Waals surface area contributed by atoms with Gasteiger partial charge in [0.15, 0.2) is 0 Å². The molecule has 0 aliphatic carbocycles. The third-order valence-corrected chi connectivity index (χ3v) is 3.88. The number of benzene rings is 1. The molecule has 94 valence electrons. The zero-order valence-electron chi connectivity index (χ0n) is 10.5. The predicted molar refractivity (Wildman–Crippen MR) is 74.7 cm³/mol. The second kappa shape index (κ2) is 5.87. The molecule has 3 heteroatoms. The van der Waals surface area contributed by atoms with E-state index in [0.29, 0.717) is 11.8 Å². The van der Waals surface area contributed by atoms with E-state index in [4.69, 9.17) is 4.74 Å². The fourth-order valence-corrected chi connectivity index (χ4v) is 2.57. The molecule has 0 radical (unpaired) electrons. The van der Waals surface area contributed by atoms with Crippen LogP contribution in [0.25, 0.3) is 0 Å². The third-order valence-electron chi connectivity index (χ3n) is 3.26. The number of hydrogen-bond acceptors (Lipinski definition) is 2. The highest BCUT2D eigenvalue weighted by Crippen LogP contribution is 2.29. The summed E-state index contributed by atoms with van der Waals surface area (Å²) in [6.45, 7) is 7.43. The van der Waals surface area contributed by atoms with E-state index in [0.717, 1.165) is 29.9 Å². The van der Waals surface area contributed by atoms with Crippen LogP contribution < -0.4 is 10.1 Å². The summed E-state index contributed by atoms with van der Waals surface area (Å²) in [5, 5.41) is 3.36. The van der Waals surface area contributed by atoms with Gasteiger partial charge >= 0.3 is 0 Å². The molecule has 1 aliphatic heterocycles. The van der Waals surface area contributed by atoms with Gasteiger partial charge in [0, 0.05) is 12.5 Å². The minimum absolute atomic E-state index is 0.555. The maximum absolute atomic E-state index is 5.87. The van der Waals surface area contributed by atoms with Gasteiger partial charge in [-0.1, -0.05) is 19.9 Å². The molecule has 0 bridgehead atoms. The van der Waals surface area contributed by atoms with Crippen molar-refractivity contribution in [1.29, 1.82) is 0 Å². The SMILES string of the molecule is CC(C)c1ccc(OC[C@H]2CCNC2)c(Br)c1. The first-order valence-corrected chi connectivity index (χ1v) is 7.09. The van der Waals surface area contributed by atoms with Crippen LogP contribution in [0.15, 0.2) is 22.7 Å². The summed E-state index contributed by atoms with van der Waals surface area (Å²) in [4.78, 5) is 0. The molecule has 0 saturated carbocycles. The number of halogens is 1. The molecule has 0 amide bonds. The molecule has 2 nitrogen and oxygen atoms in total. The van der Waals surface area contributed by atoms with Crippen LogP contribution in [0, 0.1) is 5.92 Å². The predicted octanol–water partition coefficient (Wildman–Crippen LogP) is 3.56. The van der Waals surface area contributed by atoms with Gasteiger partial charge in [0.1, 0.15) is 5.75 Å². The van der Waals surface area contributed by atoms with Gasteiger partial charge in [0.25, 0.3) is 0 Å². The molecule has 1 fully saturated rings. The Morgan fingerprint density at radius 2 is 2.29 bits per heavy atom. The van der Waals surface area contributed by atoms with Crippen molar-refractivity contribution in [3.05, 3.63) is 28.2 Å². The van der Waals surface area contributed by atoms with Crippen LogP contribution >= 0.6 is 15.9 Å². The van der Waals surface area contributed by atoms with Gasteiger partial charge in [-0.3, -0.25) is 0 Å². The van der Waals surface area contributed by atoms with E-state index in [2.05, 4.69) is 53.3 Å². The Morgan fingerprint density at radius 1 is 1.47 bits per heavy atom. The molecule has 1 saturated heterocycles. The van der Waals surface area contributed by atoms with E-state index >= 15 is 0 Å².